The first-order valence-corrected chi connectivity index (χ1v) is 26.7. The Kier molecular flexibility index (Phi) is 5.79. The molecule has 0 amide bonds. The number of hydrogen-bond donors (Lipinski definition) is 0. The summed E-state index contributed by atoms with van der Waals surface area (Å²) in [5, 5.41) is -3.18. The molecule has 0 bridgehead atoms. The van der Waals surface area contributed by atoms with E-state index in [2.05, 4.69) is 4.98 Å². The van der Waals surface area contributed by atoms with Crippen LogP contribution in [0.15, 0.2) is 285 Å². The normalized spacial score (nSPS) is 18.0. The lowest BCUT2D eigenvalue weighted by Crippen LogP contribution is -2.74. The summed E-state index contributed by atoms with van der Waals surface area (Å²) in [5.74, 6) is 0.434. The number of benzene rings is 11. The number of pyridine rings is 1. The fourth-order valence-corrected chi connectivity index (χ4v) is 14.4. The molecular weight excluding hydrogens is 989 g/mol. The highest BCUT2D eigenvalue weighted by Gasteiger charge is 2.42. The number of para-hydroxylation sites is 3. The Morgan fingerprint density at radius 3 is 1.80 bits per heavy atom. The Morgan fingerprint density at radius 2 is 1.06 bits per heavy atom. The van der Waals surface area contributed by atoms with E-state index in [4.69, 9.17) is 21.2 Å². The number of nitrogens with zero attached hydrogens (tertiary/aromatic N) is 4. The maximum absolute atomic E-state index is 11.3. The quantitative estimate of drug-likeness (QED) is 0.0820. The molecule has 14 aromatic rings. The van der Waals surface area contributed by atoms with Crippen molar-refractivity contribution in [2.45, 2.75) is 13.7 Å². The van der Waals surface area contributed by atoms with E-state index in [1.165, 1.54) is 47.3 Å². The Morgan fingerprint density at radius 1 is 0.463 bits per heavy atom. The Hall–Kier alpha value is -10.1. The molecule has 378 valence electrons. The number of hydrogen-bond acceptors (Lipinski definition) is 2. The summed E-state index contributed by atoms with van der Waals surface area (Å²) in [6.45, 7) is -5.71. The van der Waals surface area contributed by atoms with E-state index < -0.39 is 250 Å². The monoisotopic (exact) mass is 1070 g/mol. The van der Waals surface area contributed by atoms with Gasteiger partial charge in [-0.15, -0.1) is 0 Å². The average molecular weight is 1080 g/mol. The van der Waals surface area contributed by atoms with Crippen LogP contribution in [0, 0.1) is 13.7 Å². The Bertz CT molecular complexity index is 6340. The number of rotatable bonds is 9. The first kappa shape index (κ1) is 24.3. The second kappa shape index (κ2) is 19.1. The van der Waals surface area contributed by atoms with Gasteiger partial charge in [-0.25, -0.2) is 4.98 Å². The summed E-state index contributed by atoms with van der Waals surface area (Å²) in [6, 6.07) is -1.14. The molecule has 0 spiro atoms. The summed E-state index contributed by atoms with van der Waals surface area (Å²) in [7, 11) is -6.60. The van der Waals surface area contributed by atoms with Gasteiger partial charge in [-0.05, 0) is 122 Å². The number of imidazole rings is 1. The SMILES string of the molecule is [2H]c1c([2H])c([2H])c(-c2cccc3c2-[n+]2cn(-c4cccc(Oc5ccc6c7ccccc7n(-c7cc(C([2H])([2H])[2H])c(C([2H])([2H])[2H])cn7)c6c5)c4)c4cccc(c42)-c2c([2H])c([2H])c([2H])c([2H])c2-c2c([2H])c([2H])c([Si](c4c([2H])c([2H])c([2H])c([2H])c4[2H])(c4c([2H])c([2H])c([2H])c([2H])c4[2H])c4c([2H])c([2H])c([2H])c([2H])c4[2H])c([2H])c2-3)c([2H])c1[2H]. The van der Waals surface area contributed by atoms with Gasteiger partial charge in [0.25, 0.3) is 6.33 Å². The van der Waals surface area contributed by atoms with Crippen LogP contribution in [0.4, 0.5) is 0 Å². The first-order valence-electron chi connectivity index (χ1n) is 41.2. The van der Waals surface area contributed by atoms with Crippen LogP contribution >= 0.6 is 0 Å². The zero-order valence-electron chi connectivity index (χ0n) is 74.2. The van der Waals surface area contributed by atoms with Crippen LogP contribution in [0.1, 0.15) is 56.4 Å². The molecule has 0 fully saturated rings. The summed E-state index contributed by atoms with van der Waals surface area (Å²) >= 11 is 0. The van der Waals surface area contributed by atoms with Gasteiger partial charge in [0.2, 0.25) is 0 Å². The highest BCUT2D eigenvalue weighted by molar-refractivity contribution is 7.20. The van der Waals surface area contributed by atoms with Gasteiger partial charge >= 0.3 is 0 Å². The highest BCUT2D eigenvalue weighted by Crippen LogP contribution is 2.45. The van der Waals surface area contributed by atoms with Crippen LogP contribution in [-0.4, -0.2) is 22.2 Å². The number of ether oxygens (including phenoxy) is 1. The molecule has 0 saturated heterocycles. The molecule has 6 heteroatoms. The van der Waals surface area contributed by atoms with Gasteiger partial charge < -0.3 is 4.74 Å². The van der Waals surface area contributed by atoms with Crippen molar-refractivity contribution >= 4 is 61.7 Å². The fraction of sp³-hybridized carbons (Fsp3) is 0.0270. The van der Waals surface area contributed by atoms with Crippen molar-refractivity contribution in [3.05, 3.63) is 296 Å². The molecule has 80 heavy (non-hydrogen) atoms. The average Bonchev–Trinajstić information content (AvgIpc) is 1.18. The molecule has 11 aromatic carbocycles. The van der Waals surface area contributed by atoms with Gasteiger partial charge in [0, 0.05) is 54.0 Å². The third kappa shape index (κ3) is 7.52. The summed E-state index contributed by atoms with van der Waals surface area (Å²) in [5.41, 5.74) is -3.59. The molecular formula is C74H53N4OSi+. The largest absolute Gasteiger partial charge is 0.457 e. The molecule has 1 aliphatic rings. The second-order valence-corrected chi connectivity index (χ2v) is 21.9. The smallest absolute Gasteiger partial charge is 0.255 e. The number of fused-ring (bicyclic) bond motifs is 10. The van der Waals surface area contributed by atoms with Crippen LogP contribution < -0.4 is 30.1 Å². The molecule has 0 unspecified atom stereocenters. The fourth-order valence-electron chi connectivity index (χ4n) is 10.8. The molecule has 5 nitrogen and oxygen atoms in total. The van der Waals surface area contributed by atoms with Crippen molar-refractivity contribution < 1.29 is 54.5 Å². The molecule has 15 rings (SSSR count). The van der Waals surface area contributed by atoms with E-state index in [1.54, 1.807) is 75.9 Å². The topological polar surface area (TPSA) is 35.9 Å². The first-order chi connectivity index (χ1) is 53.1. The summed E-state index contributed by atoms with van der Waals surface area (Å²) < 4.78 is 320. The van der Waals surface area contributed by atoms with Gasteiger partial charge in [0.15, 0.2) is 19.1 Å². The molecule has 0 saturated carbocycles. The van der Waals surface area contributed by atoms with E-state index in [9.17, 15) is 28.8 Å². The predicted molar refractivity (Wildman–Crippen MR) is 332 cm³/mol. The van der Waals surface area contributed by atoms with Crippen molar-refractivity contribution in [3.63, 3.8) is 0 Å². The van der Waals surface area contributed by atoms with E-state index >= 15 is 0 Å². The predicted octanol–water partition coefficient (Wildman–Crippen LogP) is 15.2. The van der Waals surface area contributed by atoms with Crippen molar-refractivity contribution in [3.8, 4) is 73.2 Å². The molecule has 0 aliphatic carbocycles. The van der Waals surface area contributed by atoms with Gasteiger partial charge in [0.1, 0.15) is 28.7 Å². The van der Waals surface area contributed by atoms with Crippen molar-refractivity contribution in [2.75, 3.05) is 0 Å². The molecule has 4 heterocycles. The third-order valence-corrected chi connectivity index (χ3v) is 18.2. The Balaban J connectivity index is 1.09. The van der Waals surface area contributed by atoms with E-state index in [1.807, 2.05) is 6.07 Å². The van der Waals surface area contributed by atoms with Crippen molar-refractivity contribution in [2.24, 2.45) is 0 Å². The van der Waals surface area contributed by atoms with E-state index in [-0.39, 0.29) is 50.9 Å². The van der Waals surface area contributed by atoms with E-state index in [0.717, 1.165) is 6.20 Å². The summed E-state index contributed by atoms with van der Waals surface area (Å²) in [6.07, 6.45) is 2.46. The standard InChI is InChI=1S/C74H53N4OSi/c1-50-44-72(75-48-51(50)2)78-69-38-18-17-34-64(69)65-42-40-55(46-71(65)78)79-54-25-19-24-53(45-54)76-49-77-73-60(52-22-7-3-8-23-52)35-20-36-67(73)68-47-59(41-43-63(68)61-32-15-16-33-62(61)66-37-21-39-70(76)74(66)77)80(56-26-9-4-10-27-56,57-28-11-5-12-29-57)58-30-13-6-14-31-58/h3-49H,1-2H3/q+1/i1D3,2D3,3D,4D,5D,6D,7D,8D,9D,10D,11D,12D,13D,14D,15D,16D,22D,23D,26D,27D,28D,29D,30D,31D,32D,33D,41D,43D,47D. The number of aromatic nitrogens is 4. The van der Waals surface area contributed by atoms with Crippen LogP contribution in [0.25, 0.3) is 94.5 Å². The van der Waals surface area contributed by atoms with E-state index in [0.29, 0.717) is 21.8 Å². The minimum atomic E-state index is -6.60. The minimum absolute atomic E-state index is 0.00935. The molecule has 1 aliphatic heterocycles. The lowest BCUT2D eigenvalue weighted by atomic mass is 9.88. The highest BCUT2D eigenvalue weighted by atomic mass is 28.3. The maximum atomic E-state index is 11.3. The second-order valence-electron chi connectivity index (χ2n) is 18.4. The van der Waals surface area contributed by atoms with Crippen LogP contribution in [0.3, 0.4) is 0 Å². The van der Waals surface area contributed by atoms with Crippen molar-refractivity contribution in [1.82, 2.24) is 14.1 Å². The van der Waals surface area contributed by atoms with Crippen LogP contribution in [0.2, 0.25) is 0 Å². The molecule has 3 aromatic heterocycles. The lowest BCUT2D eigenvalue weighted by molar-refractivity contribution is -0.566. The van der Waals surface area contributed by atoms with Gasteiger partial charge in [-0.2, -0.15) is 9.13 Å². The Labute approximate surface area is 512 Å². The van der Waals surface area contributed by atoms with Crippen LogP contribution in [-0.2, 0) is 0 Å². The molecule has 0 N–H and O–H groups in total. The lowest BCUT2D eigenvalue weighted by Gasteiger charge is -2.35. The minimum Gasteiger partial charge on any atom is -0.457 e. The molecule has 0 atom stereocenters. The number of aryl methyl sites for hydroxylation is 2. The van der Waals surface area contributed by atoms with Crippen LogP contribution in [0.5, 0.6) is 11.5 Å². The van der Waals surface area contributed by atoms with Gasteiger partial charge in [-0.1, -0.05) is 212 Å². The van der Waals surface area contributed by atoms with Gasteiger partial charge in [0.05, 0.1) is 48.0 Å². The summed E-state index contributed by atoms with van der Waals surface area (Å²) in [4.78, 5) is 4.49. The zero-order valence-corrected chi connectivity index (χ0v) is 42.2. The maximum Gasteiger partial charge on any atom is 0.255 e. The van der Waals surface area contributed by atoms with Crippen molar-refractivity contribution in [1.29, 1.82) is 0 Å². The molecule has 0 radical (unpaired) electrons. The van der Waals surface area contributed by atoms with Gasteiger partial charge in [-0.3, -0.25) is 4.57 Å². The third-order valence-electron chi connectivity index (χ3n) is 14.2. The zero-order chi connectivity index (χ0) is 81.8.